The molecule has 2 aromatic heterocycles. The maximum Gasteiger partial charge on any atom is 0.260 e. The monoisotopic (exact) mass is 1190 g/mol. The Hall–Kier alpha value is -7.78. The van der Waals surface area contributed by atoms with Crippen molar-refractivity contribution < 1.29 is 52.9 Å². The van der Waals surface area contributed by atoms with Crippen LogP contribution in [0, 0.1) is 17.8 Å². The Morgan fingerprint density at radius 2 is 1.35 bits per heavy atom. The van der Waals surface area contributed by atoms with Gasteiger partial charge in [-0.1, -0.05) is 114 Å². The fourth-order valence-corrected chi connectivity index (χ4v) is 12.2. The molecule has 0 aliphatic carbocycles. The number of nitrogens with one attached hydrogen (secondary N) is 9. The van der Waals surface area contributed by atoms with Gasteiger partial charge < -0.3 is 73.6 Å². The van der Waals surface area contributed by atoms with E-state index >= 15 is 4.79 Å². The number of aromatic hydroxyl groups is 1. The molecule has 84 heavy (non-hydrogen) atoms. The number of para-hydroxylation sites is 2. The van der Waals surface area contributed by atoms with Crippen molar-refractivity contribution in [3.05, 3.63) is 132 Å². The molecule has 0 spiro atoms. The van der Waals surface area contributed by atoms with Crippen LogP contribution < -0.4 is 54.4 Å². The van der Waals surface area contributed by atoms with Gasteiger partial charge in [-0.15, -0.1) is 0 Å². The zero-order chi connectivity index (χ0) is 60.5. The summed E-state index contributed by atoms with van der Waals surface area (Å²) in [6.45, 7) is 3.42. The predicted molar refractivity (Wildman–Crippen MR) is 323 cm³/mol. The van der Waals surface area contributed by atoms with Crippen LogP contribution in [0.4, 0.5) is 5.69 Å². The zero-order valence-electron chi connectivity index (χ0n) is 47.1. The second kappa shape index (κ2) is 30.7. The molecule has 10 atom stereocenters. The number of H-pyrrole nitrogens is 2. The minimum absolute atomic E-state index is 0.0274. The third kappa shape index (κ3) is 17.2. The lowest BCUT2D eigenvalue weighted by Gasteiger charge is -2.29. The Labute approximate surface area is 494 Å². The first-order chi connectivity index (χ1) is 40.4. The topological polar surface area (TPSA) is 369 Å². The number of fused-ring (bicyclic) bond motifs is 2. The molecule has 25 heteroatoms. The molecule has 1 aliphatic heterocycles. The van der Waals surface area contributed by atoms with E-state index in [2.05, 4.69) is 47.2 Å². The van der Waals surface area contributed by atoms with Gasteiger partial charge in [0, 0.05) is 105 Å². The van der Waals surface area contributed by atoms with Gasteiger partial charge >= 0.3 is 0 Å². The molecular weight excluding hydrogens is 1120 g/mol. The van der Waals surface area contributed by atoms with Gasteiger partial charge in [0.2, 0.25) is 29.5 Å². The number of primary amides is 1. The third-order valence-electron chi connectivity index (χ3n) is 14.6. The minimum Gasteiger partial charge on any atom is -0.508 e. The van der Waals surface area contributed by atoms with Gasteiger partial charge in [0.25, 0.3) is 5.91 Å². The molecule has 1 fully saturated rings. The first kappa shape index (κ1) is 63.8. The molecule has 1 aliphatic rings. The van der Waals surface area contributed by atoms with E-state index < -0.39 is 126 Å². The molecule has 3 heterocycles. The van der Waals surface area contributed by atoms with Crippen molar-refractivity contribution in [2.45, 2.75) is 88.2 Å². The first-order valence-electron chi connectivity index (χ1n) is 27.4. The van der Waals surface area contributed by atoms with Crippen molar-refractivity contribution in [1.29, 1.82) is 0 Å². The largest absolute Gasteiger partial charge is 0.508 e. The number of methoxy groups -OCH3 is 2. The Balaban J connectivity index is 1.28. The van der Waals surface area contributed by atoms with Gasteiger partial charge in [-0.2, -0.15) is 0 Å². The SMILES string of the molecule is COC(CN)CNC1NC(=O)C(Cc2c[nH]c3ccccc23)NC(=O)C(Cc2ccc(O)cc2)NC(=O)C(CC(=O)C(N)C(OC)c2ccccc2)CSSCC(C(=O)NC(Nc2c[nH]c3ccccc23)C(N)=O)NC(=O)C(C(C)C)CC1=O. The maximum atomic E-state index is 15.0. The van der Waals surface area contributed by atoms with Crippen molar-refractivity contribution in [3.8, 4) is 5.75 Å². The number of carbonyl (C=O) groups excluding carboxylic acids is 8. The molecule has 6 aromatic rings. The maximum absolute atomic E-state index is 15.0. The fourth-order valence-electron chi connectivity index (χ4n) is 9.72. The highest BCUT2D eigenvalue weighted by atomic mass is 33.1. The fraction of sp³-hybridized carbons (Fsp3) is 0.390. The zero-order valence-corrected chi connectivity index (χ0v) is 48.7. The molecule has 0 radical (unpaired) electrons. The van der Waals surface area contributed by atoms with Gasteiger partial charge in [0.15, 0.2) is 17.7 Å². The quantitative estimate of drug-likeness (QED) is 0.0364. The number of aromatic amines is 2. The summed E-state index contributed by atoms with van der Waals surface area (Å²) >= 11 is 0. The number of amides is 6. The van der Waals surface area contributed by atoms with Crippen LogP contribution >= 0.6 is 21.6 Å². The van der Waals surface area contributed by atoms with Crippen LogP contribution in [0.2, 0.25) is 0 Å². The molecular formula is C59H74N12O11S2. The normalized spacial score (nSPS) is 21.3. The number of hydrogen-bond acceptors (Lipinski definition) is 17. The number of ketones is 2. The second-order valence-electron chi connectivity index (χ2n) is 20.8. The van der Waals surface area contributed by atoms with Crippen LogP contribution in [0.25, 0.3) is 21.8 Å². The van der Waals surface area contributed by atoms with Gasteiger partial charge in [-0.05, 0) is 46.9 Å². The van der Waals surface area contributed by atoms with E-state index in [1.54, 1.807) is 80.8 Å². The number of nitrogens with two attached hydrogens (primary N) is 3. The molecule has 6 amide bonds. The van der Waals surface area contributed by atoms with Crippen LogP contribution in [-0.4, -0.2) is 144 Å². The first-order valence-corrected chi connectivity index (χ1v) is 29.9. The van der Waals surface area contributed by atoms with Crippen LogP contribution in [-0.2, 0) is 60.7 Å². The number of anilines is 1. The molecule has 4 aromatic carbocycles. The van der Waals surface area contributed by atoms with Crippen molar-refractivity contribution in [2.75, 3.05) is 44.1 Å². The van der Waals surface area contributed by atoms with E-state index in [1.807, 2.05) is 36.4 Å². The van der Waals surface area contributed by atoms with E-state index in [-0.39, 0.29) is 43.2 Å². The molecule has 16 N–H and O–H groups in total. The number of hydrogen-bond donors (Lipinski definition) is 13. The minimum atomic E-state index is -1.50. The highest BCUT2D eigenvalue weighted by Crippen LogP contribution is 2.30. The number of benzene rings is 4. The van der Waals surface area contributed by atoms with E-state index in [0.29, 0.717) is 27.8 Å². The van der Waals surface area contributed by atoms with Crippen LogP contribution in [0.3, 0.4) is 0 Å². The molecule has 0 bridgehead atoms. The number of phenolic OH excluding ortho intramolecular Hbond substituents is 1. The van der Waals surface area contributed by atoms with E-state index in [9.17, 15) is 38.7 Å². The number of Topliss-reactive ketones (excluding diaryl/α,β-unsaturated/α-hetero) is 2. The van der Waals surface area contributed by atoms with Gasteiger partial charge in [0.05, 0.1) is 23.8 Å². The predicted octanol–water partition coefficient (Wildman–Crippen LogP) is 2.56. The lowest BCUT2D eigenvalue weighted by molar-refractivity contribution is -0.136. The summed E-state index contributed by atoms with van der Waals surface area (Å²) in [5, 5.41) is 31.6. The molecule has 23 nitrogen and oxygen atoms in total. The van der Waals surface area contributed by atoms with E-state index in [4.69, 9.17) is 26.7 Å². The summed E-state index contributed by atoms with van der Waals surface area (Å²) < 4.78 is 11.2. The van der Waals surface area contributed by atoms with Crippen molar-refractivity contribution in [2.24, 2.45) is 35.0 Å². The standard InChI is InChI=1S/C59H74N12O11S2/c1-32(2)41-25-49(74)53(65-28-38(26-60)81-3)70-58(79)45(23-35-27-63-42-16-10-8-14-39(35)42)68-57(78)44(22-33-18-20-37(72)21-19-33)67-55(76)36(24-48(73)50(61)51(82-4)34-12-6-5-7-13-34)30-83-84-31-47(69-56(41)77)59(80)71-54(52(62)75)66-46-29-64-43-17-11-9-15-40(43)46/h5-21,27,29,32,36,38,41,44-45,47,50-51,53-54,63-66,72H,22-26,28,30-31,60-61H2,1-4H3,(H2,62,75)(H,67,76)(H,68,78)(H,69,77)(H,70,79)(H,71,80). The van der Waals surface area contributed by atoms with E-state index in [1.165, 1.54) is 26.4 Å². The number of rotatable bonds is 21. The summed E-state index contributed by atoms with van der Waals surface area (Å²) in [6.07, 6.45) is -2.40. The van der Waals surface area contributed by atoms with Crippen LogP contribution in [0.15, 0.2) is 116 Å². The average molecular weight is 1190 g/mol. The third-order valence-corrected chi connectivity index (χ3v) is 17.1. The number of carbonyl (C=O) groups is 8. The lowest BCUT2D eigenvalue weighted by Crippen LogP contribution is -2.60. The molecule has 1 saturated heterocycles. The summed E-state index contributed by atoms with van der Waals surface area (Å²) in [4.78, 5) is 123. The summed E-state index contributed by atoms with van der Waals surface area (Å²) in [7, 11) is 4.99. The second-order valence-corrected chi connectivity index (χ2v) is 23.4. The molecule has 7 rings (SSSR count). The summed E-state index contributed by atoms with van der Waals surface area (Å²) in [5.41, 5.74) is 22.1. The van der Waals surface area contributed by atoms with Crippen LogP contribution in [0.1, 0.15) is 49.5 Å². The number of phenols is 1. The van der Waals surface area contributed by atoms with Gasteiger partial charge in [0.1, 0.15) is 36.1 Å². The smallest absolute Gasteiger partial charge is 0.260 e. The van der Waals surface area contributed by atoms with E-state index in [0.717, 1.165) is 38.0 Å². The van der Waals surface area contributed by atoms with Crippen molar-refractivity contribution >= 4 is 96.1 Å². The Bertz CT molecular complexity index is 3230. The van der Waals surface area contributed by atoms with Gasteiger partial charge in [-0.25, -0.2) is 0 Å². The number of ether oxygens (including phenoxy) is 2. The molecule has 448 valence electrons. The highest BCUT2D eigenvalue weighted by Gasteiger charge is 2.38. The Kier molecular flexibility index (Phi) is 23.3. The Morgan fingerprint density at radius 1 is 0.726 bits per heavy atom. The van der Waals surface area contributed by atoms with Crippen molar-refractivity contribution in [1.82, 2.24) is 41.9 Å². The average Bonchev–Trinajstić information content (AvgIpc) is 4.22. The van der Waals surface area contributed by atoms with Gasteiger partial charge in [-0.3, -0.25) is 43.7 Å². The molecule has 10 unspecified atom stereocenters. The summed E-state index contributed by atoms with van der Waals surface area (Å²) in [5.74, 6) is -9.29. The lowest BCUT2D eigenvalue weighted by atomic mass is 9.88. The summed E-state index contributed by atoms with van der Waals surface area (Å²) in [6, 6.07) is 23.9. The Morgan fingerprint density at radius 3 is 2.01 bits per heavy atom. The number of aromatic nitrogens is 2. The molecule has 0 saturated carbocycles. The highest BCUT2D eigenvalue weighted by molar-refractivity contribution is 8.76. The van der Waals surface area contributed by atoms with Crippen molar-refractivity contribution in [3.63, 3.8) is 0 Å². The van der Waals surface area contributed by atoms with Crippen LogP contribution in [0.5, 0.6) is 5.75 Å².